The summed E-state index contributed by atoms with van der Waals surface area (Å²) in [5.41, 5.74) is 0. The third-order valence-corrected chi connectivity index (χ3v) is 2.06. The maximum atomic E-state index is 10.8. The van der Waals surface area contributed by atoms with Crippen molar-refractivity contribution in [2.24, 2.45) is 0 Å². The maximum absolute atomic E-state index is 10.8. The average Bonchev–Trinajstić information content (AvgIpc) is 1.87. The lowest BCUT2D eigenvalue weighted by atomic mass is 10.0. The van der Waals surface area contributed by atoms with E-state index < -0.39 is 16.5 Å². The molecule has 0 aliphatic carbocycles. The number of aliphatic carboxylic acids is 1. The SMILES string of the molecule is C=CCC(S)(C(C)=O)C(=O)O. The number of Topliss-reactive ketones (excluding diaryl/α,β-unsaturated/α-hetero) is 1. The van der Waals surface area contributed by atoms with Crippen LogP contribution in [0.2, 0.25) is 0 Å². The molecule has 0 radical (unpaired) electrons. The molecule has 0 rings (SSSR count). The Morgan fingerprint density at radius 3 is 2.27 bits per heavy atom. The van der Waals surface area contributed by atoms with Gasteiger partial charge < -0.3 is 5.11 Å². The van der Waals surface area contributed by atoms with Gasteiger partial charge in [0.2, 0.25) is 0 Å². The fourth-order valence-electron chi connectivity index (χ4n) is 0.591. The third kappa shape index (κ3) is 2.08. The van der Waals surface area contributed by atoms with Crippen LogP contribution < -0.4 is 0 Å². The topological polar surface area (TPSA) is 54.4 Å². The lowest BCUT2D eigenvalue weighted by molar-refractivity contribution is -0.143. The number of rotatable bonds is 4. The average molecular weight is 174 g/mol. The van der Waals surface area contributed by atoms with Crippen LogP contribution in [0, 0.1) is 0 Å². The molecular formula is C7H10O3S. The first-order valence-electron chi connectivity index (χ1n) is 3.03. The number of carbonyl (C=O) groups excluding carboxylic acids is 1. The zero-order chi connectivity index (χ0) is 9.07. The minimum Gasteiger partial charge on any atom is -0.480 e. The molecule has 0 aromatic heterocycles. The van der Waals surface area contributed by atoms with Crippen molar-refractivity contribution in [2.45, 2.75) is 18.1 Å². The Morgan fingerprint density at radius 2 is 2.18 bits per heavy atom. The lowest BCUT2D eigenvalue weighted by Crippen LogP contribution is -2.39. The van der Waals surface area contributed by atoms with Crippen molar-refractivity contribution in [3.8, 4) is 0 Å². The molecule has 0 aromatic carbocycles. The highest BCUT2D eigenvalue weighted by atomic mass is 32.1. The number of carbonyl (C=O) groups is 2. The van der Waals surface area contributed by atoms with Gasteiger partial charge in [0.15, 0.2) is 10.5 Å². The minimum absolute atomic E-state index is 0.0424. The summed E-state index contributed by atoms with van der Waals surface area (Å²) in [6.45, 7) is 4.55. The number of hydrogen-bond acceptors (Lipinski definition) is 3. The predicted octanol–water partition coefficient (Wildman–Crippen LogP) is 0.905. The van der Waals surface area contributed by atoms with Crippen LogP contribution in [-0.2, 0) is 9.59 Å². The van der Waals surface area contributed by atoms with E-state index in [2.05, 4.69) is 19.2 Å². The number of hydrogen-bond donors (Lipinski definition) is 2. The second kappa shape index (κ2) is 3.57. The van der Waals surface area contributed by atoms with Crippen LogP contribution >= 0.6 is 12.6 Å². The number of ketones is 1. The largest absolute Gasteiger partial charge is 0.480 e. The molecule has 4 heteroatoms. The Balaban J connectivity index is 4.65. The summed E-state index contributed by atoms with van der Waals surface area (Å²) < 4.78 is -1.60. The van der Waals surface area contributed by atoms with Gasteiger partial charge in [0.25, 0.3) is 0 Å². The highest BCUT2D eigenvalue weighted by molar-refractivity contribution is 7.83. The van der Waals surface area contributed by atoms with Crippen LogP contribution in [0.4, 0.5) is 0 Å². The van der Waals surface area contributed by atoms with Crippen molar-refractivity contribution < 1.29 is 14.7 Å². The highest BCUT2D eigenvalue weighted by Crippen LogP contribution is 2.21. The van der Waals surface area contributed by atoms with Crippen LogP contribution in [0.5, 0.6) is 0 Å². The summed E-state index contributed by atoms with van der Waals surface area (Å²) in [4.78, 5) is 21.3. The van der Waals surface area contributed by atoms with Crippen LogP contribution in [0.1, 0.15) is 13.3 Å². The molecule has 0 spiro atoms. The molecule has 11 heavy (non-hydrogen) atoms. The molecule has 0 saturated heterocycles. The van der Waals surface area contributed by atoms with Gasteiger partial charge in [-0.3, -0.25) is 9.59 Å². The van der Waals surface area contributed by atoms with E-state index >= 15 is 0 Å². The van der Waals surface area contributed by atoms with Crippen molar-refractivity contribution in [3.05, 3.63) is 12.7 Å². The van der Waals surface area contributed by atoms with E-state index in [4.69, 9.17) is 5.11 Å². The van der Waals surface area contributed by atoms with E-state index in [1.807, 2.05) is 0 Å². The monoisotopic (exact) mass is 174 g/mol. The Morgan fingerprint density at radius 1 is 1.73 bits per heavy atom. The number of allylic oxidation sites excluding steroid dienone is 1. The summed E-state index contributed by atoms with van der Waals surface area (Å²) >= 11 is 3.77. The first-order valence-corrected chi connectivity index (χ1v) is 3.47. The van der Waals surface area contributed by atoms with Crippen molar-refractivity contribution in [1.29, 1.82) is 0 Å². The lowest BCUT2D eigenvalue weighted by Gasteiger charge is -2.17. The Labute approximate surface area is 70.5 Å². The highest BCUT2D eigenvalue weighted by Gasteiger charge is 2.38. The Kier molecular flexibility index (Phi) is 3.32. The van der Waals surface area contributed by atoms with E-state index in [-0.39, 0.29) is 6.42 Å². The first-order chi connectivity index (χ1) is 4.95. The second-order valence-electron chi connectivity index (χ2n) is 2.21. The van der Waals surface area contributed by atoms with Gasteiger partial charge in [-0.1, -0.05) is 6.08 Å². The number of carboxylic acids is 1. The zero-order valence-electron chi connectivity index (χ0n) is 6.20. The van der Waals surface area contributed by atoms with Crippen LogP contribution in [0.15, 0.2) is 12.7 Å². The van der Waals surface area contributed by atoms with Crippen molar-refractivity contribution in [1.82, 2.24) is 0 Å². The maximum Gasteiger partial charge on any atom is 0.327 e. The van der Waals surface area contributed by atoms with Gasteiger partial charge in [0.05, 0.1) is 0 Å². The molecule has 0 heterocycles. The van der Waals surface area contributed by atoms with Gasteiger partial charge in [-0.15, -0.1) is 6.58 Å². The molecule has 0 aliphatic heterocycles. The number of thiol groups is 1. The molecule has 0 amide bonds. The molecule has 1 unspecified atom stereocenters. The quantitative estimate of drug-likeness (QED) is 0.378. The number of carboxylic acid groups (broad SMARTS) is 1. The van der Waals surface area contributed by atoms with Gasteiger partial charge in [0, 0.05) is 0 Å². The van der Waals surface area contributed by atoms with Gasteiger partial charge in [-0.2, -0.15) is 12.6 Å². The molecule has 0 aromatic rings. The summed E-state index contributed by atoms with van der Waals surface area (Å²) in [5.74, 6) is -1.71. The van der Waals surface area contributed by atoms with Crippen LogP contribution in [-0.4, -0.2) is 21.6 Å². The van der Waals surface area contributed by atoms with Crippen LogP contribution in [0.3, 0.4) is 0 Å². The van der Waals surface area contributed by atoms with E-state index in [0.29, 0.717) is 0 Å². The Bertz CT molecular complexity index is 184. The third-order valence-electron chi connectivity index (χ3n) is 1.38. The summed E-state index contributed by atoms with van der Waals surface area (Å²) in [6, 6.07) is 0. The van der Waals surface area contributed by atoms with E-state index in [9.17, 15) is 9.59 Å². The fraction of sp³-hybridized carbons (Fsp3) is 0.429. The normalized spacial score (nSPS) is 15.1. The van der Waals surface area contributed by atoms with Crippen LogP contribution in [0.25, 0.3) is 0 Å². The van der Waals surface area contributed by atoms with E-state index in [1.165, 1.54) is 13.0 Å². The van der Waals surface area contributed by atoms with Crippen molar-refractivity contribution >= 4 is 24.4 Å². The predicted molar refractivity (Wildman–Crippen MR) is 44.8 cm³/mol. The molecule has 0 aliphatic rings. The molecule has 1 N–H and O–H groups in total. The van der Waals surface area contributed by atoms with Gasteiger partial charge in [-0.25, -0.2) is 0 Å². The van der Waals surface area contributed by atoms with E-state index in [1.54, 1.807) is 0 Å². The molecule has 0 bridgehead atoms. The smallest absolute Gasteiger partial charge is 0.327 e. The van der Waals surface area contributed by atoms with Gasteiger partial charge in [0.1, 0.15) is 0 Å². The fourth-order valence-corrected chi connectivity index (χ4v) is 0.720. The van der Waals surface area contributed by atoms with Gasteiger partial charge in [-0.05, 0) is 13.3 Å². The molecular weight excluding hydrogens is 164 g/mol. The molecule has 1 atom stereocenters. The van der Waals surface area contributed by atoms with Gasteiger partial charge >= 0.3 is 5.97 Å². The second-order valence-corrected chi connectivity index (χ2v) is 2.98. The zero-order valence-corrected chi connectivity index (χ0v) is 7.10. The molecule has 0 saturated carbocycles. The first kappa shape index (κ1) is 10.2. The summed E-state index contributed by atoms with van der Waals surface area (Å²) in [6.07, 6.45) is 1.41. The summed E-state index contributed by atoms with van der Waals surface area (Å²) in [7, 11) is 0. The van der Waals surface area contributed by atoms with Crippen molar-refractivity contribution in [2.75, 3.05) is 0 Å². The minimum atomic E-state index is -1.60. The van der Waals surface area contributed by atoms with E-state index in [0.717, 1.165) is 0 Å². The Hall–Kier alpha value is -0.770. The molecule has 62 valence electrons. The summed E-state index contributed by atoms with van der Waals surface area (Å²) in [5, 5.41) is 8.59. The standard InChI is InChI=1S/C7H10O3S/c1-3-4-7(11,5(2)8)6(9)10/h3,11H,1,4H2,2H3,(H,9,10). The molecule has 3 nitrogen and oxygen atoms in total. The van der Waals surface area contributed by atoms with Crippen molar-refractivity contribution in [3.63, 3.8) is 0 Å². The molecule has 0 fully saturated rings.